The number of phenols is 1. The van der Waals surface area contributed by atoms with Crippen LogP contribution in [0.1, 0.15) is 49.1 Å². The molecule has 0 amide bonds. The quantitative estimate of drug-likeness (QED) is 0.876. The molecule has 4 heteroatoms. The van der Waals surface area contributed by atoms with Crippen molar-refractivity contribution in [2.45, 2.75) is 43.6 Å². The number of methoxy groups -OCH3 is 2. The first-order chi connectivity index (χ1) is 12.2. The highest BCUT2D eigenvalue weighted by Gasteiger charge is 2.50. The van der Waals surface area contributed by atoms with Crippen LogP contribution in [-0.4, -0.2) is 19.3 Å². The monoisotopic (exact) mass is 340 g/mol. The molecule has 2 unspecified atom stereocenters. The Morgan fingerprint density at radius 1 is 1.04 bits per heavy atom. The second kappa shape index (κ2) is 6.17. The average Bonchev–Trinajstić information content (AvgIpc) is 2.79. The first-order valence-electron chi connectivity index (χ1n) is 8.92. The third-order valence-electron chi connectivity index (χ3n) is 5.66. The van der Waals surface area contributed by atoms with Gasteiger partial charge in [0.1, 0.15) is 17.1 Å². The Hall–Kier alpha value is -2.36. The number of benzene rings is 2. The third kappa shape index (κ3) is 2.51. The minimum atomic E-state index is -0.371. The predicted octanol–water partition coefficient (Wildman–Crippen LogP) is 4.75. The van der Waals surface area contributed by atoms with Gasteiger partial charge in [-0.1, -0.05) is 25.0 Å². The molecule has 2 aromatic rings. The number of hydrogen-bond donors (Lipinski definition) is 1. The molecule has 1 fully saturated rings. The van der Waals surface area contributed by atoms with E-state index in [9.17, 15) is 5.11 Å². The van der Waals surface area contributed by atoms with Crippen LogP contribution in [0.25, 0.3) is 0 Å². The molecule has 132 valence electrons. The van der Waals surface area contributed by atoms with Crippen molar-refractivity contribution in [3.63, 3.8) is 0 Å². The van der Waals surface area contributed by atoms with Crippen LogP contribution in [0.5, 0.6) is 23.0 Å². The smallest absolute Gasteiger partial charge is 0.164 e. The van der Waals surface area contributed by atoms with Gasteiger partial charge in [0.05, 0.1) is 14.2 Å². The summed E-state index contributed by atoms with van der Waals surface area (Å²) in [5, 5.41) is 10.3. The van der Waals surface area contributed by atoms with Crippen LogP contribution < -0.4 is 14.2 Å². The summed E-state index contributed by atoms with van der Waals surface area (Å²) in [7, 11) is 3.24. The fraction of sp³-hybridized carbons (Fsp3) is 0.429. The largest absolute Gasteiger partial charge is 0.504 e. The Morgan fingerprint density at radius 3 is 2.56 bits per heavy atom. The highest BCUT2D eigenvalue weighted by molar-refractivity contribution is 5.56. The van der Waals surface area contributed by atoms with Crippen LogP contribution in [0, 0.1) is 0 Å². The van der Waals surface area contributed by atoms with Crippen molar-refractivity contribution in [1.82, 2.24) is 0 Å². The highest BCUT2D eigenvalue weighted by Crippen LogP contribution is 2.58. The van der Waals surface area contributed by atoms with Gasteiger partial charge in [0.15, 0.2) is 11.5 Å². The predicted molar refractivity (Wildman–Crippen MR) is 95.8 cm³/mol. The molecule has 0 saturated heterocycles. The van der Waals surface area contributed by atoms with E-state index in [1.807, 2.05) is 24.3 Å². The van der Waals surface area contributed by atoms with Crippen LogP contribution in [0.3, 0.4) is 0 Å². The summed E-state index contributed by atoms with van der Waals surface area (Å²) in [6, 6.07) is 11.9. The molecule has 0 bridgehead atoms. The zero-order valence-electron chi connectivity index (χ0n) is 14.7. The maximum absolute atomic E-state index is 10.3. The van der Waals surface area contributed by atoms with E-state index in [1.165, 1.54) is 18.4 Å². The molecule has 1 aliphatic carbocycles. The first-order valence-corrected chi connectivity index (χ1v) is 8.92. The molecule has 0 aromatic heterocycles. The van der Waals surface area contributed by atoms with Gasteiger partial charge < -0.3 is 19.3 Å². The van der Waals surface area contributed by atoms with E-state index in [2.05, 4.69) is 12.1 Å². The summed E-state index contributed by atoms with van der Waals surface area (Å²) < 4.78 is 17.2. The van der Waals surface area contributed by atoms with Gasteiger partial charge in [-0.3, -0.25) is 0 Å². The van der Waals surface area contributed by atoms with Gasteiger partial charge in [-0.05, 0) is 43.0 Å². The fourth-order valence-electron chi connectivity index (χ4n) is 4.41. The number of hydrogen-bond acceptors (Lipinski definition) is 4. The van der Waals surface area contributed by atoms with Crippen LogP contribution in [0.2, 0.25) is 0 Å². The van der Waals surface area contributed by atoms with Crippen molar-refractivity contribution < 1.29 is 19.3 Å². The number of rotatable bonds is 3. The van der Waals surface area contributed by atoms with E-state index < -0.39 is 0 Å². The Kier molecular flexibility index (Phi) is 3.98. The van der Waals surface area contributed by atoms with Gasteiger partial charge >= 0.3 is 0 Å². The van der Waals surface area contributed by atoms with Gasteiger partial charge in [-0.25, -0.2) is 0 Å². The Balaban J connectivity index is 1.83. The van der Waals surface area contributed by atoms with Crippen LogP contribution >= 0.6 is 0 Å². The van der Waals surface area contributed by atoms with E-state index >= 15 is 0 Å². The normalized spacial score (nSPS) is 24.6. The fourth-order valence-corrected chi connectivity index (χ4v) is 4.41. The van der Waals surface area contributed by atoms with Crippen LogP contribution in [0.15, 0.2) is 36.4 Å². The van der Waals surface area contributed by atoms with Gasteiger partial charge in [-0.15, -0.1) is 0 Å². The molecule has 1 saturated carbocycles. The van der Waals surface area contributed by atoms with Crippen LogP contribution in [0.4, 0.5) is 0 Å². The standard InChI is InChI=1S/C21H24O4/c1-23-15-9-7-14(8-10-15)21-11-5-3-4-6-17(21)16-12-18(22)20(24-2)13-19(16)25-21/h7-10,12-13,17,22H,3-6,11H2,1-2H3. The molecule has 2 aromatic carbocycles. The zero-order valence-corrected chi connectivity index (χ0v) is 14.7. The molecule has 25 heavy (non-hydrogen) atoms. The number of aromatic hydroxyl groups is 1. The Labute approximate surface area is 148 Å². The molecule has 0 radical (unpaired) electrons. The number of ether oxygens (including phenoxy) is 3. The summed E-state index contributed by atoms with van der Waals surface area (Å²) >= 11 is 0. The molecule has 2 aliphatic rings. The second-order valence-electron chi connectivity index (χ2n) is 6.93. The van der Waals surface area contributed by atoms with E-state index in [-0.39, 0.29) is 17.3 Å². The lowest BCUT2D eigenvalue weighted by molar-refractivity contribution is 0.0570. The second-order valence-corrected chi connectivity index (χ2v) is 6.93. The van der Waals surface area contributed by atoms with Crippen molar-refractivity contribution in [2.75, 3.05) is 14.2 Å². The van der Waals surface area contributed by atoms with Gasteiger partial charge in [0.25, 0.3) is 0 Å². The maximum Gasteiger partial charge on any atom is 0.164 e. The van der Waals surface area contributed by atoms with Gasteiger partial charge in [-0.2, -0.15) is 0 Å². The molecule has 1 N–H and O–H groups in total. The van der Waals surface area contributed by atoms with Crippen LogP contribution in [-0.2, 0) is 5.60 Å². The zero-order chi connectivity index (χ0) is 17.4. The lowest BCUT2D eigenvalue weighted by atomic mass is 9.76. The molecule has 1 aliphatic heterocycles. The lowest BCUT2D eigenvalue weighted by Crippen LogP contribution is -2.34. The van der Waals surface area contributed by atoms with Crippen molar-refractivity contribution in [3.05, 3.63) is 47.5 Å². The lowest BCUT2D eigenvalue weighted by Gasteiger charge is -2.34. The maximum atomic E-state index is 10.3. The van der Waals surface area contributed by atoms with E-state index in [0.717, 1.165) is 36.3 Å². The van der Waals surface area contributed by atoms with E-state index in [4.69, 9.17) is 14.2 Å². The third-order valence-corrected chi connectivity index (χ3v) is 5.66. The van der Waals surface area contributed by atoms with Crippen molar-refractivity contribution >= 4 is 0 Å². The Bertz CT molecular complexity index is 768. The van der Waals surface area contributed by atoms with E-state index in [0.29, 0.717) is 5.75 Å². The summed E-state index contributed by atoms with van der Waals surface area (Å²) in [6.07, 6.45) is 5.57. The molecule has 0 spiro atoms. The Morgan fingerprint density at radius 2 is 1.84 bits per heavy atom. The summed E-state index contributed by atoms with van der Waals surface area (Å²) in [4.78, 5) is 0. The molecule has 4 nitrogen and oxygen atoms in total. The summed E-state index contributed by atoms with van der Waals surface area (Å²) in [5.41, 5.74) is 1.90. The average molecular weight is 340 g/mol. The molecule has 4 rings (SSSR count). The molecule has 1 heterocycles. The molecule has 2 atom stereocenters. The first kappa shape index (κ1) is 16.1. The minimum Gasteiger partial charge on any atom is -0.504 e. The summed E-state index contributed by atoms with van der Waals surface area (Å²) in [5.74, 6) is 2.56. The molecular weight excluding hydrogens is 316 g/mol. The molecular formula is C21H24O4. The topological polar surface area (TPSA) is 47.9 Å². The summed E-state index contributed by atoms with van der Waals surface area (Å²) in [6.45, 7) is 0. The van der Waals surface area contributed by atoms with Crippen molar-refractivity contribution in [3.8, 4) is 23.0 Å². The van der Waals surface area contributed by atoms with Gasteiger partial charge in [0, 0.05) is 17.5 Å². The van der Waals surface area contributed by atoms with Crippen molar-refractivity contribution in [2.24, 2.45) is 0 Å². The van der Waals surface area contributed by atoms with Crippen molar-refractivity contribution in [1.29, 1.82) is 0 Å². The minimum absolute atomic E-state index is 0.180. The highest BCUT2D eigenvalue weighted by atomic mass is 16.5. The number of fused-ring (bicyclic) bond motifs is 3. The number of phenolic OH excluding ortho intramolecular Hbond substituents is 1. The van der Waals surface area contributed by atoms with E-state index in [1.54, 1.807) is 14.2 Å². The SMILES string of the molecule is COc1ccc(C23CCCCCC2c2cc(O)c(OC)cc2O3)cc1. The van der Waals surface area contributed by atoms with Gasteiger partial charge in [0.2, 0.25) is 0 Å².